The molecule has 1 saturated heterocycles. The van der Waals surface area contributed by atoms with Gasteiger partial charge in [0.25, 0.3) is 0 Å². The SMILES string of the molecule is CN(C)B1B(N(C)C)N(c2cc(C(C)(C)C)cc(C(C)(C)C)c2)[C](=[Pt])N1c1ccc(-c2cc(C(C)(C)C)cc(C(C)(C)C)c2)cc1. The summed E-state index contributed by atoms with van der Waals surface area (Å²) in [5.41, 5.74) is 10.7. The molecule has 250 valence electrons. The van der Waals surface area contributed by atoms with Crippen molar-refractivity contribution in [2.75, 3.05) is 37.8 Å². The molecule has 1 fully saturated rings. The summed E-state index contributed by atoms with van der Waals surface area (Å²) >= 11 is 2.56. The third-order valence-corrected chi connectivity index (χ3v) is 10.4. The van der Waals surface area contributed by atoms with E-state index in [0.717, 1.165) is 0 Å². The van der Waals surface area contributed by atoms with E-state index in [9.17, 15) is 0 Å². The van der Waals surface area contributed by atoms with Crippen molar-refractivity contribution in [2.24, 2.45) is 0 Å². The van der Waals surface area contributed by atoms with Crippen LogP contribution in [0.25, 0.3) is 11.1 Å². The van der Waals surface area contributed by atoms with E-state index in [4.69, 9.17) is 0 Å². The molecule has 1 heterocycles. The first-order chi connectivity index (χ1) is 20.9. The van der Waals surface area contributed by atoms with Crippen molar-refractivity contribution in [1.29, 1.82) is 0 Å². The predicted molar refractivity (Wildman–Crippen MR) is 202 cm³/mol. The summed E-state index contributed by atoms with van der Waals surface area (Å²) in [6.07, 6.45) is 0. The molecular formula is C39H58B2N4Pt. The van der Waals surface area contributed by atoms with Gasteiger partial charge in [0.2, 0.25) is 0 Å². The van der Waals surface area contributed by atoms with Gasteiger partial charge in [-0.05, 0) is 0 Å². The molecule has 1 aliphatic rings. The van der Waals surface area contributed by atoms with E-state index in [0.29, 0.717) is 0 Å². The summed E-state index contributed by atoms with van der Waals surface area (Å²) in [4.78, 5) is 9.79. The zero-order chi connectivity index (χ0) is 34.7. The minimum absolute atomic E-state index is 0.0442. The zero-order valence-corrected chi connectivity index (χ0v) is 33.8. The number of hydrogen-bond donors (Lipinski definition) is 0. The molecule has 0 N–H and O–H groups in total. The molecule has 0 aromatic heterocycles. The number of rotatable bonds is 5. The van der Waals surface area contributed by atoms with Gasteiger partial charge in [-0.15, -0.1) is 0 Å². The van der Waals surface area contributed by atoms with Crippen molar-refractivity contribution in [3.05, 3.63) is 82.9 Å². The maximum absolute atomic E-state index is 2.56. The second kappa shape index (κ2) is 12.7. The zero-order valence-electron chi connectivity index (χ0n) is 31.5. The van der Waals surface area contributed by atoms with Gasteiger partial charge in [-0.3, -0.25) is 0 Å². The molecule has 4 rings (SSSR count). The minimum atomic E-state index is 0.0442. The van der Waals surface area contributed by atoms with Gasteiger partial charge >= 0.3 is 295 Å². The van der Waals surface area contributed by atoms with Crippen LogP contribution in [0.15, 0.2) is 60.7 Å². The van der Waals surface area contributed by atoms with Crippen LogP contribution in [0, 0.1) is 0 Å². The standard InChI is InChI=1S/C39H58B2N4.Pt/c1-36(2,3)30-21-29(22-31(23-30)37(4,5)6)28-17-19-34(20-18-28)44-27-45(41(43(15)16)40(44)42(13)14)35-25-32(38(7,8)9)24-33(26-35)39(10,11)12;/h17-26H,1-16H3;. The van der Waals surface area contributed by atoms with Gasteiger partial charge in [0.15, 0.2) is 0 Å². The topological polar surface area (TPSA) is 13.0 Å². The van der Waals surface area contributed by atoms with E-state index in [2.05, 4.69) is 211 Å². The predicted octanol–water partition coefficient (Wildman–Crippen LogP) is 8.68. The molecule has 0 saturated carbocycles. The maximum atomic E-state index is 2.56. The molecule has 3 aromatic carbocycles. The van der Waals surface area contributed by atoms with Crippen LogP contribution in [0.4, 0.5) is 11.4 Å². The molecule has 0 bridgehead atoms. The summed E-state index contributed by atoms with van der Waals surface area (Å²) in [6.45, 7) is 28.0. The molecule has 1 aliphatic heterocycles. The molecule has 4 nitrogen and oxygen atoms in total. The Morgan fingerprint density at radius 1 is 0.457 bits per heavy atom. The Bertz CT molecular complexity index is 1500. The van der Waals surface area contributed by atoms with Crippen LogP contribution in [0.2, 0.25) is 0 Å². The molecule has 3 aromatic rings. The Morgan fingerprint density at radius 3 is 1.11 bits per heavy atom. The fourth-order valence-corrected chi connectivity index (χ4v) is 7.36. The average Bonchev–Trinajstić information content (AvgIpc) is 3.24. The van der Waals surface area contributed by atoms with Crippen molar-refractivity contribution < 1.29 is 19.4 Å². The van der Waals surface area contributed by atoms with Crippen LogP contribution in [-0.2, 0) is 41.0 Å². The molecular weight excluding hydrogens is 741 g/mol. The van der Waals surface area contributed by atoms with Crippen molar-refractivity contribution >= 4 is 29.3 Å². The van der Waals surface area contributed by atoms with Crippen molar-refractivity contribution in [3.8, 4) is 11.1 Å². The third-order valence-electron chi connectivity index (χ3n) is 9.29. The summed E-state index contributed by atoms with van der Waals surface area (Å²) in [7, 11) is 8.82. The molecule has 7 heteroatoms. The van der Waals surface area contributed by atoms with Gasteiger partial charge in [-0.25, -0.2) is 0 Å². The van der Waals surface area contributed by atoms with Crippen LogP contribution in [0.3, 0.4) is 0 Å². The summed E-state index contributed by atoms with van der Waals surface area (Å²) in [6, 6.07) is 23.7. The number of hydrogen-bond acceptors (Lipinski definition) is 4. The van der Waals surface area contributed by atoms with E-state index in [1.807, 2.05) is 0 Å². The van der Waals surface area contributed by atoms with Crippen LogP contribution < -0.4 is 9.62 Å². The normalized spacial score (nSPS) is 15.3. The van der Waals surface area contributed by atoms with E-state index < -0.39 is 0 Å². The Hall–Kier alpha value is -2.13. The first-order valence-corrected chi connectivity index (χ1v) is 17.9. The average molecular weight is 800 g/mol. The van der Waals surface area contributed by atoms with Crippen LogP contribution in [0.1, 0.15) is 105 Å². The van der Waals surface area contributed by atoms with Crippen LogP contribution in [0.5, 0.6) is 0 Å². The number of benzene rings is 3. The third kappa shape index (κ3) is 7.61. The van der Waals surface area contributed by atoms with Crippen molar-refractivity contribution in [3.63, 3.8) is 0 Å². The second-order valence-electron chi connectivity index (χ2n) is 17.9. The molecule has 0 aliphatic carbocycles. The van der Waals surface area contributed by atoms with Crippen molar-refractivity contribution in [1.82, 2.24) is 9.62 Å². The Balaban J connectivity index is 1.84. The van der Waals surface area contributed by atoms with Crippen molar-refractivity contribution in [2.45, 2.75) is 105 Å². The molecule has 0 radical (unpaired) electrons. The van der Waals surface area contributed by atoms with Gasteiger partial charge in [0.1, 0.15) is 0 Å². The van der Waals surface area contributed by atoms with Crippen LogP contribution >= 0.6 is 0 Å². The first-order valence-electron chi connectivity index (χ1n) is 16.7. The fraction of sp³-hybridized carbons (Fsp3) is 0.513. The quantitative estimate of drug-likeness (QED) is 0.240. The Morgan fingerprint density at radius 2 is 0.783 bits per heavy atom. The molecule has 0 unspecified atom stereocenters. The molecule has 0 spiro atoms. The summed E-state index contributed by atoms with van der Waals surface area (Å²) in [5.74, 6) is 0. The van der Waals surface area contributed by atoms with E-state index in [1.165, 1.54) is 48.9 Å². The molecule has 0 amide bonds. The fourth-order valence-electron chi connectivity index (χ4n) is 6.17. The van der Waals surface area contributed by atoms with Crippen LogP contribution in [-0.4, -0.2) is 55.7 Å². The number of anilines is 2. The Kier molecular flexibility index (Phi) is 10.1. The molecule has 0 atom stereocenters. The van der Waals surface area contributed by atoms with Gasteiger partial charge in [0.05, 0.1) is 0 Å². The van der Waals surface area contributed by atoms with E-state index in [-0.39, 0.29) is 35.4 Å². The Labute approximate surface area is 293 Å². The summed E-state index contributed by atoms with van der Waals surface area (Å²) < 4.78 is 1.21. The van der Waals surface area contributed by atoms with Gasteiger partial charge < -0.3 is 0 Å². The van der Waals surface area contributed by atoms with E-state index >= 15 is 0 Å². The monoisotopic (exact) mass is 799 g/mol. The molecule has 46 heavy (non-hydrogen) atoms. The summed E-state index contributed by atoms with van der Waals surface area (Å²) in [5, 5.41) is 0. The van der Waals surface area contributed by atoms with Gasteiger partial charge in [-0.2, -0.15) is 0 Å². The first kappa shape index (κ1) is 36.7. The van der Waals surface area contributed by atoms with Gasteiger partial charge in [0, 0.05) is 0 Å². The van der Waals surface area contributed by atoms with E-state index in [1.54, 1.807) is 0 Å². The number of nitrogens with zero attached hydrogens (tertiary/aromatic N) is 4. The van der Waals surface area contributed by atoms with Gasteiger partial charge in [-0.1, -0.05) is 0 Å². The second-order valence-corrected chi connectivity index (χ2v) is 18.9.